The van der Waals surface area contributed by atoms with Gasteiger partial charge in [-0.15, -0.1) is 11.3 Å². The smallest absolute Gasteiger partial charge is 0.360 e. The molecule has 0 amide bonds. The summed E-state index contributed by atoms with van der Waals surface area (Å²) in [5.41, 5.74) is 0.507. The lowest BCUT2D eigenvalue weighted by molar-refractivity contribution is -0.139. The number of thiazole rings is 1. The van der Waals surface area contributed by atoms with E-state index in [0.717, 1.165) is 6.07 Å². The minimum atomic E-state index is -1.25. The van der Waals surface area contributed by atoms with Crippen molar-refractivity contribution in [2.45, 2.75) is 25.8 Å². The molecule has 1 unspecified atom stereocenters. The van der Waals surface area contributed by atoms with Crippen molar-refractivity contribution in [2.24, 2.45) is 10.9 Å². The summed E-state index contributed by atoms with van der Waals surface area (Å²) < 4.78 is 39.1. The Balaban J connectivity index is 1.52. The molecule has 2 aliphatic rings. The third kappa shape index (κ3) is 5.63. The van der Waals surface area contributed by atoms with Gasteiger partial charge in [0.25, 0.3) is 0 Å². The number of allylic oxidation sites excluding steroid dienone is 1. The topological polar surface area (TPSA) is 139 Å². The summed E-state index contributed by atoms with van der Waals surface area (Å²) in [6.07, 6.45) is 4.07. The van der Waals surface area contributed by atoms with E-state index in [2.05, 4.69) is 20.3 Å². The molecule has 1 saturated heterocycles. The van der Waals surface area contributed by atoms with Crippen LogP contribution in [0.2, 0.25) is 5.02 Å². The first-order valence-corrected chi connectivity index (χ1v) is 14.2. The zero-order valence-corrected chi connectivity index (χ0v) is 24.0. The molecular weight excluding hydrogens is 594 g/mol. The van der Waals surface area contributed by atoms with E-state index in [9.17, 15) is 23.5 Å². The van der Waals surface area contributed by atoms with Gasteiger partial charge in [0.05, 0.1) is 30.5 Å². The third-order valence-corrected chi connectivity index (χ3v) is 8.08. The molecule has 0 spiro atoms. The molecule has 0 aliphatic carbocycles. The highest BCUT2D eigenvalue weighted by molar-refractivity contribution is 7.11. The number of hydrogen-bond acceptors (Lipinski definition) is 11. The Morgan fingerprint density at radius 2 is 2.00 bits per heavy atom. The number of esters is 1. The van der Waals surface area contributed by atoms with Gasteiger partial charge in [0, 0.05) is 41.8 Å². The maximum atomic E-state index is 14.6. The first kappa shape index (κ1) is 29.3. The number of benzene rings is 1. The van der Waals surface area contributed by atoms with Crippen LogP contribution >= 0.6 is 22.9 Å². The molecule has 0 saturated carbocycles. The number of carbonyl (C=O) groups is 2. The van der Waals surface area contributed by atoms with Crippen LogP contribution in [0.15, 0.2) is 46.2 Å². The molecular formula is C27H25ClF2N6O5S. The molecule has 11 nitrogen and oxygen atoms in total. The number of nitrogens with one attached hydrogen (secondary N) is 1. The average Bonchev–Trinajstić information content (AvgIpc) is 3.54. The van der Waals surface area contributed by atoms with Gasteiger partial charge in [-0.1, -0.05) is 17.7 Å². The molecule has 4 heterocycles. The number of rotatable bonds is 8. The number of carbonyl (C=O) groups excluding carboxylic acids is 1. The van der Waals surface area contributed by atoms with Crippen LogP contribution in [-0.4, -0.2) is 64.6 Å². The first-order valence-electron chi connectivity index (χ1n) is 12.9. The molecule has 0 bridgehead atoms. The summed E-state index contributed by atoms with van der Waals surface area (Å²) in [5.74, 6) is -3.75. The van der Waals surface area contributed by atoms with Crippen LogP contribution in [0, 0.1) is 17.6 Å². The second-order valence-corrected chi connectivity index (χ2v) is 10.6. The monoisotopic (exact) mass is 618 g/mol. The predicted molar refractivity (Wildman–Crippen MR) is 150 cm³/mol. The molecule has 2 N–H and O–H groups in total. The zero-order valence-electron chi connectivity index (χ0n) is 22.4. The van der Waals surface area contributed by atoms with E-state index >= 15 is 0 Å². The number of halogens is 3. The van der Waals surface area contributed by atoms with E-state index in [0.29, 0.717) is 48.3 Å². The maximum absolute atomic E-state index is 14.6. The fourth-order valence-electron chi connectivity index (χ4n) is 4.95. The van der Waals surface area contributed by atoms with Gasteiger partial charge in [-0.25, -0.2) is 28.3 Å². The number of methoxy groups -OCH3 is 1. The van der Waals surface area contributed by atoms with Crippen LogP contribution in [0.4, 0.5) is 14.6 Å². The zero-order chi connectivity index (χ0) is 30.0. The summed E-state index contributed by atoms with van der Waals surface area (Å²) in [5, 5.41) is 14.4. The Morgan fingerprint density at radius 1 is 1.24 bits per heavy atom. The van der Waals surface area contributed by atoms with Gasteiger partial charge in [0.15, 0.2) is 28.3 Å². The quantitative estimate of drug-likeness (QED) is 0.276. The van der Waals surface area contributed by atoms with Crippen LogP contribution in [0.25, 0.3) is 0 Å². The van der Waals surface area contributed by atoms with E-state index < -0.39 is 34.6 Å². The fourth-order valence-corrected chi connectivity index (χ4v) is 5.79. The Bertz CT molecular complexity index is 1580. The molecule has 1 fully saturated rings. The fraction of sp³-hybridized carbons (Fsp3) is 0.333. The average molecular weight is 619 g/mol. The molecule has 3 aromatic rings. The highest BCUT2D eigenvalue weighted by Gasteiger charge is 2.38. The molecule has 42 heavy (non-hydrogen) atoms. The van der Waals surface area contributed by atoms with Gasteiger partial charge < -0.3 is 24.8 Å². The van der Waals surface area contributed by atoms with Crippen LogP contribution in [0.1, 0.15) is 46.9 Å². The number of piperidine rings is 1. The van der Waals surface area contributed by atoms with Gasteiger partial charge >= 0.3 is 11.9 Å². The summed E-state index contributed by atoms with van der Waals surface area (Å²) in [4.78, 5) is 44.1. The van der Waals surface area contributed by atoms with Crippen molar-refractivity contribution >= 4 is 46.5 Å². The number of aliphatic imine (C=N–C) groups is 1. The van der Waals surface area contributed by atoms with Gasteiger partial charge in [-0.3, -0.25) is 4.99 Å². The number of carboxylic acids is 1. The number of nitrogens with zero attached hydrogens (tertiary/aromatic N) is 5. The lowest BCUT2D eigenvalue weighted by Gasteiger charge is -2.37. The third-order valence-electron chi connectivity index (χ3n) is 6.92. The Hall–Kier alpha value is -4.17. The minimum Gasteiger partial charge on any atom is -0.479 e. The predicted octanol–water partition coefficient (Wildman–Crippen LogP) is 4.40. The number of carboxylic acid groups (broad SMARTS) is 1. The maximum Gasteiger partial charge on any atom is 0.360 e. The highest BCUT2D eigenvalue weighted by atomic mass is 35.5. The number of aromatic carboxylic acids is 1. The van der Waals surface area contributed by atoms with E-state index in [1.807, 2.05) is 4.90 Å². The number of aromatic nitrogens is 3. The lowest BCUT2D eigenvalue weighted by atomic mass is 9.85. The van der Waals surface area contributed by atoms with Crippen LogP contribution in [-0.2, 0) is 9.53 Å². The normalized spacial score (nSPS) is 17.5. The largest absolute Gasteiger partial charge is 0.479 e. The van der Waals surface area contributed by atoms with Crippen molar-refractivity contribution in [2.75, 3.05) is 31.7 Å². The van der Waals surface area contributed by atoms with Crippen molar-refractivity contribution in [1.29, 1.82) is 0 Å². The molecule has 1 atom stereocenters. The Morgan fingerprint density at radius 3 is 2.64 bits per heavy atom. The summed E-state index contributed by atoms with van der Waals surface area (Å²) in [7, 11) is 1.32. The second-order valence-electron chi connectivity index (χ2n) is 9.31. The van der Waals surface area contributed by atoms with Crippen molar-refractivity contribution in [3.8, 4) is 5.88 Å². The van der Waals surface area contributed by atoms with E-state index in [-0.39, 0.29) is 35.2 Å². The van der Waals surface area contributed by atoms with E-state index in [1.54, 1.807) is 18.5 Å². The van der Waals surface area contributed by atoms with Gasteiger partial charge in [0.1, 0.15) is 6.04 Å². The van der Waals surface area contributed by atoms with Crippen molar-refractivity contribution in [3.63, 3.8) is 0 Å². The second kappa shape index (κ2) is 12.4. The number of amidine groups is 1. The SMILES string of the molecule is CCOC(=O)C1=C(C2CCN(c3cnc(C(=O)O)c(OC)n3)CC2)NC(c2nccs2)=NC1c1ccc(F)c(F)c1Cl. The summed E-state index contributed by atoms with van der Waals surface area (Å²) in [6, 6.07) is 1.17. The first-order chi connectivity index (χ1) is 20.2. The van der Waals surface area contributed by atoms with Crippen molar-refractivity contribution < 1.29 is 33.0 Å². The Kier molecular flexibility index (Phi) is 8.64. The molecule has 0 radical (unpaired) electrons. The van der Waals surface area contributed by atoms with Crippen molar-refractivity contribution in [1.82, 2.24) is 20.3 Å². The summed E-state index contributed by atoms with van der Waals surface area (Å²) in [6.45, 7) is 2.72. The van der Waals surface area contributed by atoms with Crippen LogP contribution in [0.3, 0.4) is 0 Å². The molecule has 5 rings (SSSR count). The molecule has 2 aliphatic heterocycles. The molecule has 220 valence electrons. The van der Waals surface area contributed by atoms with Crippen LogP contribution < -0.4 is 15.0 Å². The molecule has 1 aromatic carbocycles. The highest BCUT2D eigenvalue weighted by Crippen LogP contribution is 2.41. The number of anilines is 1. The number of hydrogen-bond donors (Lipinski definition) is 2. The van der Waals surface area contributed by atoms with E-state index in [4.69, 9.17) is 26.1 Å². The van der Waals surface area contributed by atoms with Gasteiger partial charge in [-0.2, -0.15) is 4.98 Å². The molecule has 2 aromatic heterocycles. The van der Waals surface area contributed by atoms with Crippen LogP contribution in [0.5, 0.6) is 5.88 Å². The number of ether oxygens (including phenoxy) is 2. The lowest BCUT2D eigenvalue weighted by Crippen LogP contribution is -2.41. The van der Waals surface area contributed by atoms with Gasteiger partial charge in [-0.05, 0) is 25.8 Å². The van der Waals surface area contributed by atoms with Crippen molar-refractivity contribution in [3.05, 3.63) is 74.1 Å². The minimum absolute atomic E-state index is 0.0855. The standard InChI is InChI=1S/C27H25ClF2N6O5S/c1-3-41-27(39)17-20(13-6-9-36(10-7-13)16-12-32-22(26(37)38)24(33-16)40-2)34-23(25-31-8-11-42-25)35-21(17)14-4-5-15(29)19(30)18(14)28/h4-5,8,11-13,21H,3,6-7,9-10H2,1-2H3,(H,34,35)(H,37,38). The molecule has 15 heteroatoms. The van der Waals surface area contributed by atoms with E-state index in [1.165, 1.54) is 30.7 Å². The van der Waals surface area contributed by atoms with Gasteiger partial charge in [0.2, 0.25) is 11.6 Å². The summed E-state index contributed by atoms with van der Waals surface area (Å²) >= 11 is 7.59. The Labute approximate surface area is 247 Å².